The molecule has 1 amide bonds. The number of likely N-dealkylation sites (tertiary alicyclic amines) is 1. The van der Waals surface area contributed by atoms with Gasteiger partial charge in [0.05, 0.1) is 5.02 Å². The smallest absolute Gasteiger partial charge is 0.300 e. The molecule has 0 aliphatic carbocycles. The van der Waals surface area contributed by atoms with Crippen LogP contribution in [0, 0.1) is 11.8 Å². The minimum Gasteiger partial charge on any atom is -0.315 e. The number of benzene rings is 3. The molecule has 164 valence electrons. The van der Waals surface area contributed by atoms with Gasteiger partial charge in [-0.2, -0.15) is 0 Å². The van der Waals surface area contributed by atoms with Crippen LogP contribution in [0.1, 0.15) is 30.4 Å². The maximum atomic E-state index is 12.3. The van der Waals surface area contributed by atoms with Gasteiger partial charge in [0.25, 0.3) is 0 Å². The van der Waals surface area contributed by atoms with E-state index in [1.165, 1.54) is 37.9 Å². The van der Waals surface area contributed by atoms with Crippen molar-refractivity contribution >= 4 is 35.6 Å². The molecule has 1 fully saturated rings. The number of carbonyl (C=O) groups is 1. The summed E-state index contributed by atoms with van der Waals surface area (Å²) in [5.74, 6) is 5.16. The van der Waals surface area contributed by atoms with E-state index in [1.807, 2.05) is 60.7 Å². The van der Waals surface area contributed by atoms with E-state index < -0.39 is 0 Å². The summed E-state index contributed by atoms with van der Waals surface area (Å²) in [5.41, 5.74) is 4.74. The number of piperidine rings is 1. The summed E-state index contributed by atoms with van der Waals surface area (Å²) in [6, 6.07) is 23.7. The second kappa shape index (κ2) is 11.7. The first-order valence-electron chi connectivity index (χ1n) is 10.7. The van der Waals surface area contributed by atoms with Crippen molar-refractivity contribution in [1.82, 2.24) is 4.90 Å². The third-order valence-electron chi connectivity index (χ3n) is 5.45. The summed E-state index contributed by atoms with van der Waals surface area (Å²) >= 11 is 6.38. The van der Waals surface area contributed by atoms with Crippen LogP contribution in [-0.4, -0.2) is 23.9 Å². The average molecular weight is 465 g/mol. The Balaban J connectivity index is 0.00000289. The van der Waals surface area contributed by atoms with Crippen LogP contribution >= 0.6 is 24.0 Å². The normalized spacial score (nSPS) is 13.4. The fraction of sp³-hybridized carbons (Fsp3) is 0.222. The third kappa shape index (κ3) is 6.61. The molecular weight excluding hydrogens is 439 g/mol. The van der Waals surface area contributed by atoms with E-state index in [4.69, 9.17) is 11.6 Å². The number of halogens is 2. The number of amides is 1. The molecule has 0 radical (unpaired) electrons. The summed E-state index contributed by atoms with van der Waals surface area (Å²) in [5, 5.41) is 3.36. The minimum atomic E-state index is -0.355. The highest BCUT2D eigenvalue weighted by Gasteiger charge is 2.10. The van der Waals surface area contributed by atoms with Crippen molar-refractivity contribution in [3.05, 3.63) is 88.9 Å². The van der Waals surface area contributed by atoms with Gasteiger partial charge in [-0.3, -0.25) is 9.69 Å². The zero-order valence-electron chi connectivity index (χ0n) is 17.8. The Bertz CT molecular complexity index is 1100. The molecule has 1 heterocycles. The van der Waals surface area contributed by atoms with E-state index in [-0.39, 0.29) is 18.3 Å². The fourth-order valence-electron chi connectivity index (χ4n) is 3.78. The number of anilines is 1. The van der Waals surface area contributed by atoms with Crippen LogP contribution in [0.25, 0.3) is 11.1 Å². The van der Waals surface area contributed by atoms with E-state index in [0.29, 0.717) is 10.6 Å². The number of rotatable bonds is 4. The maximum Gasteiger partial charge on any atom is 0.300 e. The average Bonchev–Trinajstić information content (AvgIpc) is 2.81. The van der Waals surface area contributed by atoms with Crippen molar-refractivity contribution in [2.24, 2.45) is 0 Å². The van der Waals surface area contributed by atoms with Crippen LogP contribution in [0.15, 0.2) is 72.8 Å². The predicted octanol–water partition coefficient (Wildman–Crippen LogP) is 6.40. The molecule has 1 saturated heterocycles. The van der Waals surface area contributed by atoms with Crippen molar-refractivity contribution in [3.63, 3.8) is 0 Å². The number of nitrogens with one attached hydrogen (secondary N) is 1. The zero-order chi connectivity index (χ0) is 21.5. The van der Waals surface area contributed by atoms with Crippen LogP contribution in [0.4, 0.5) is 5.69 Å². The number of hydrogen-bond donors (Lipinski definition) is 1. The highest BCUT2D eigenvalue weighted by atomic mass is 35.5. The first kappa shape index (κ1) is 23.9. The molecule has 1 aliphatic rings. The Labute approximate surface area is 201 Å². The molecule has 0 atom stereocenters. The van der Waals surface area contributed by atoms with Gasteiger partial charge in [0, 0.05) is 23.7 Å². The lowest BCUT2D eigenvalue weighted by Gasteiger charge is -2.26. The fourth-order valence-corrected chi connectivity index (χ4v) is 4.01. The monoisotopic (exact) mass is 464 g/mol. The van der Waals surface area contributed by atoms with Gasteiger partial charge in [-0.1, -0.05) is 72.5 Å². The quantitative estimate of drug-likeness (QED) is 0.452. The molecule has 1 aliphatic heterocycles. The van der Waals surface area contributed by atoms with Crippen LogP contribution in [0.2, 0.25) is 5.02 Å². The van der Waals surface area contributed by atoms with E-state index in [9.17, 15) is 4.79 Å². The lowest BCUT2D eigenvalue weighted by molar-refractivity contribution is -0.111. The van der Waals surface area contributed by atoms with Crippen LogP contribution < -0.4 is 5.32 Å². The van der Waals surface area contributed by atoms with Crippen molar-refractivity contribution in [3.8, 4) is 23.0 Å². The Hall–Kier alpha value is -2.77. The SMILES string of the molecule is Cl.O=C(C#Cc1ccc(-c2ccccc2)cc1Cl)Nc1ccc(CN2CCCCC2)cc1. The van der Waals surface area contributed by atoms with Crippen molar-refractivity contribution < 1.29 is 4.79 Å². The molecule has 3 aromatic rings. The summed E-state index contributed by atoms with van der Waals surface area (Å²) in [6.07, 6.45) is 3.91. The van der Waals surface area contributed by atoms with Crippen LogP contribution in [0.5, 0.6) is 0 Å². The van der Waals surface area contributed by atoms with Gasteiger partial charge < -0.3 is 5.32 Å². The Morgan fingerprint density at radius 2 is 1.62 bits per heavy atom. The van der Waals surface area contributed by atoms with E-state index in [1.54, 1.807) is 0 Å². The van der Waals surface area contributed by atoms with Crippen LogP contribution in [0.3, 0.4) is 0 Å². The number of carbonyl (C=O) groups excluding carboxylic acids is 1. The molecule has 4 rings (SSSR count). The number of nitrogens with zero attached hydrogens (tertiary/aromatic N) is 1. The van der Waals surface area contributed by atoms with Crippen molar-refractivity contribution in [2.75, 3.05) is 18.4 Å². The molecular formula is C27H26Cl2N2O. The topological polar surface area (TPSA) is 32.3 Å². The van der Waals surface area contributed by atoms with Gasteiger partial charge >= 0.3 is 5.91 Å². The highest BCUT2D eigenvalue weighted by Crippen LogP contribution is 2.25. The second-order valence-corrected chi connectivity index (χ2v) is 8.21. The molecule has 0 bridgehead atoms. The summed E-state index contributed by atoms with van der Waals surface area (Å²) < 4.78 is 0. The van der Waals surface area contributed by atoms with Crippen LogP contribution in [-0.2, 0) is 11.3 Å². The van der Waals surface area contributed by atoms with Gasteiger partial charge in [0.15, 0.2) is 0 Å². The predicted molar refractivity (Wildman–Crippen MR) is 135 cm³/mol. The van der Waals surface area contributed by atoms with Crippen molar-refractivity contribution in [2.45, 2.75) is 25.8 Å². The maximum absolute atomic E-state index is 12.3. The lowest BCUT2D eigenvalue weighted by Crippen LogP contribution is -2.29. The van der Waals surface area contributed by atoms with Gasteiger partial charge in [0.2, 0.25) is 0 Å². The first-order valence-corrected chi connectivity index (χ1v) is 11.0. The van der Waals surface area contributed by atoms with Gasteiger partial charge in [-0.25, -0.2) is 0 Å². The summed E-state index contributed by atoms with van der Waals surface area (Å²) in [6.45, 7) is 3.30. The Morgan fingerprint density at radius 3 is 2.31 bits per heavy atom. The molecule has 3 aromatic carbocycles. The van der Waals surface area contributed by atoms with E-state index in [2.05, 4.69) is 34.2 Å². The Kier molecular flexibility index (Phi) is 8.76. The first-order chi connectivity index (χ1) is 15.2. The standard InChI is InChI=1S/C27H25ClN2O.ClH/c28-26-19-24(22-7-3-1-4-8-22)12-11-23(26)13-16-27(31)29-25-14-9-21(10-15-25)20-30-17-5-2-6-18-30;/h1,3-4,7-12,14-15,19H,2,5-6,17-18,20H2,(H,29,31);1H. The Morgan fingerprint density at radius 1 is 0.906 bits per heavy atom. The molecule has 32 heavy (non-hydrogen) atoms. The summed E-state index contributed by atoms with van der Waals surface area (Å²) in [4.78, 5) is 14.7. The third-order valence-corrected chi connectivity index (χ3v) is 5.77. The van der Waals surface area contributed by atoms with Gasteiger partial charge in [-0.15, -0.1) is 12.4 Å². The van der Waals surface area contributed by atoms with E-state index in [0.717, 1.165) is 23.4 Å². The lowest BCUT2D eigenvalue weighted by atomic mass is 10.0. The molecule has 0 aromatic heterocycles. The molecule has 1 N–H and O–H groups in total. The second-order valence-electron chi connectivity index (χ2n) is 7.80. The number of hydrogen-bond acceptors (Lipinski definition) is 2. The zero-order valence-corrected chi connectivity index (χ0v) is 19.4. The van der Waals surface area contributed by atoms with E-state index >= 15 is 0 Å². The summed E-state index contributed by atoms with van der Waals surface area (Å²) in [7, 11) is 0. The van der Waals surface area contributed by atoms with Gasteiger partial charge in [0.1, 0.15) is 0 Å². The molecule has 5 heteroatoms. The van der Waals surface area contributed by atoms with Gasteiger partial charge in [-0.05, 0) is 66.9 Å². The van der Waals surface area contributed by atoms with Crippen molar-refractivity contribution in [1.29, 1.82) is 0 Å². The highest BCUT2D eigenvalue weighted by molar-refractivity contribution is 6.32. The molecule has 3 nitrogen and oxygen atoms in total. The molecule has 0 unspecified atom stereocenters. The minimum absolute atomic E-state index is 0. The molecule has 0 spiro atoms. The molecule has 0 saturated carbocycles. The largest absolute Gasteiger partial charge is 0.315 e.